The van der Waals surface area contributed by atoms with Gasteiger partial charge in [-0.3, -0.25) is 4.55 Å². The minimum Gasteiger partial charge on any atom is -0.313 e. The number of aliphatic imine (C=N–C) groups is 2. The summed E-state index contributed by atoms with van der Waals surface area (Å²) in [5.41, 5.74) is 4.73. The van der Waals surface area contributed by atoms with Gasteiger partial charge in [0.25, 0.3) is 10.1 Å². The molecule has 116 valence electrons. The summed E-state index contributed by atoms with van der Waals surface area (Å²) in [6.07, 6.45) is 1.08. The number of nitrogens with zero attached hydrogens (tertiary/aromatic N) is 3. The van der Waals surface area contributed by atoms with Gasteiger partial charge < -0.3 is 10.6 Å². The lowest BCUT2D eigenvalue weighted by molar-refractivity contribution is 0.403. The zero-order chi connectivity index (χ0) is 14.6. The van der Waals surface area contributed by atoms with Crippen LogP contribution < -0.4 is 5.73 Å². The fourth-order valence-corrected chi connectivity index (χ4v) is 0.637. The van der Waals surface area contributed by atoms with Gasteiger partial charge in [0.2, 0.25) is 0 Å². The molecule has 0 aliphatic heterocycles. The molecule has 0 radical (unpaired) electrons. The zero-order valence-corrected chi connectivity index (χ0v) is 13.5. The number of halogens is 1. The lowest BCUT2D eigenvalue weighted by Crippen LogP contribution is -2.25. The first-order chi connectivity index (χ1) is 8.21. The first-order valence-electron chi connectivity index (χ1n) is 5.66. The van der Waals surface area contributed by atoms with Crippen LogP contribution in [0.5, 0.6) is 0 Å². The molecule has 0 spiro atoms. The van der Waals surface area contributed by atoms with Crippen molar-refractivity contribution in [3.8, 4) is 0 Å². The SMILES string of the molecule is CC(N)S(=O)(=O)O.CCN=C=NCCCN(C)C.Cl. The van der Waals surface area contributed by atoms with Crippen molar-refractivity contribution in [3.63, 3.8) is 0 Å². The van der Waals surface area contributed by atoms with Gasteiger partial charge in [0.15, 0.2) is 0 Å². The van der Waals surface area contributed by atoms with Crippen LogP contribution in [0.1, 0.15) is 20.3 Å². The van der Waals surface area contributed by atoms with E-state index in [9.17, 15) is 8.42 Å². The minimum atomic E-state index is -3.96. The fourth-order valence-electron chi connectivity index (χ4n) is 0.637. The van der Waals surface area contributed by atoms with Crippen LogP contribution in [0, 0.1) is 0 Å². The Morgan fingerprint density at radius 2 is 1.84 bits per heavy atom. The molecule has 0 bridgehead atoms. The quantitative estimate of drug-likeness (QED) is 0.426. The van der Waals surface area contributed by atoms with Crippen LogP contribution in [-0.2, 0) is 10.1 Å². The molecule has 0 aliphatic rings. The summed E-state index contributed by atoms with van der Waals surface area (Å²) in [7, 11) is 0.156. The third-order valence-corrected chi connectivity index (χ3v) is 2.58. The third kappa shape index (κ3) is 23.1. The molecule has 0 saturated carbocycles. The van der Waals surface area contributed by atoms with Crippen molar-refractivity contribution >= 4 is 28.5 Å². The van der Waals surface area contributed by atoms with Gasteiger partial charge in [0, 0.05) is 6.54 Å². The first kappa shape index (κ1) is 23.6. The van der Waals surface area contributed by atoms with E-state index in [4.69, 9.17) is 10.3 Å². The lowest BCUT2D eigenvalue weighted by atomic mass is 10.4. The second kappa shape index (κ2) is 13.9. The summed E-state index contributed by atoms with van der Waals surface area (Å²) in [5.74, 6) is 0. The largest absolute Gasteiger partial charge is 0.313 e. The van der Waals surface area contributed by atoms with E-state index in [0.717, 1.165) is 26.1 Å². The maximum atomic E-state index is 9.76. The molecule has 0 rings (SSSR count). The van der Waals surface area contributed by atoms with E-state index < -0.39 is 15.5 Å². The summed E-state index contributed by atoms with van der Waals surface area (Å²) in [4.78, 5) is 9.99. The molecule has 3 N–H and O–H groups in total. The summed E-state index contributed by atoms with van der Waals surface area (Å²) < 4.78 is 27.5. The van der Waals surface area contributed by atoms with Crippen molar-refractivity contribution in [2.24, 2.45) is 15.7 Å². The molecule has 0 aliphatic carbocycles. The van der Waals surface area contributed by atoms with Crippen LogP contribution >= 0.6 is 12.4 Å². The van der Waals surface area contributed by atoms with E-state index in [0.29, 0.717) is 0 Å². The molecule has 9 heteroatoms. The van der Waals surface area contributed by atoms with Crippen molar-refractivity contribution in [2.45, 2.75) is 25.6 Å². The highest BCUT2D eigenvalue weighted by atomic mass is 35.5. The van der Waals surface area contributed by atoms with Gasteiger partial charge in [-0.15, -0.1) is 12.4 Å². The summed E-state index contributed by atoms with van der Waals surface area (Å²) in [5, 5.41) is -1.17. The van der Waals surface area contributed by atoms with Gasteiger partial charge in [-0.05, 0) is 40.9 Å². The molecule has 1 unspecified atom stereocenters. The Hall–Kier alpha value is -0.500. The van der Waals surface area contributed by atoms with Crippen LogP contribution in [-0.4, -0.2) is 63.0 Å². The topological polar surface area (TPSA) is 108 Å². The summed E-state index contributed by atoms with van der Waals surface area (Å²) >= 11 is 0. The number of hydrogen-bond donors (Lipinski definition) is 2. The maximum Gasteiger partial charge on any atom is 0.280 e. The molecule has 0 saturated heterocycles. The van der Waals surface area contributed by atoms with E-state index in [2.05, 4.69) is 35.0 Å². The second-order valence-corrected chi connectivity index (χ2v) is 5.61. The molecule has 0 heterocycles. The minimum absolute atomic E-state index is 0. The summed E-state index contributed by atoms with van der Waals surface area (Å²) in [6.45, 7) is 5.85. The molecule has 19 heavy (non-hydrogen) atoms. The molecule has 0 aromatic rings. The fraction of sp³-hybridized carbons (Fsp3) is 0.900. The molecule has 7 nitrogen and oxygen atoms in total. The highest BCUT2D eigenvalue weighted by Gasteiger charge is 2.09. The second-order valence-electron chi connectivity index (χ2n) is 3.83. The van der Waals surface area contributed by atoms with Crippen LogP contribution in [0.4, 0.5) is 0 Å². The predicted octanol–water partition coefficient (Wildman–Crippen LogP) is 0.733. The van der Waals surface area contributed by atoms with Gasteiger partial charge in [0.1, 0.15) is 5.37 Å². The van der Waals surface area contributed by atoms with Gasteiger partial charge in [0.05, 0.1) is 12.6 Å². The zero-order valence-electron chi connectivity index (χ0n) is 11.9. The Balaban J connectivity index is -0.000000280. The highest BCUT2D eigenvalue weighted by molar-refractivity contribution is 7.86. The number of rotatable bonds is 6. The van der Waals surface area contributed by atoms with Crippen molar-refractivity contribution in [2.75, 3.05) is 33.7 Å². The Bertz CT molecular complexity index is 352. The smallest absolute Gasteiger partial charge is 0.280 e. The Labute approximate surface area is 122 Å². The molecule has 0 aromatic heterocycles. The Morgan fingerprint density at radius 3 is 2.16 bits per heavy atom. The van der Waals surface area contributed by atoms with Crippen LogP contribution in [0.15, 0.2) is 9.98 Å². The average molecular weight is 317 g/mol. The monoisotopic (exact) mass is 316 g/mol. The predicted molar refractivity (Wildman–Crippen MR) is 80.9 cm³/mol. The van der Waals surface area contributed by atoms with Crippen molar-refractivity contribution < 1.29 is 13.0 Å². The van der Waals surface area contributed by atoms with Gasteiger partial charge in [-0.25, -0.2) is 9.98 Å². The third-order valence-electron chi connectivity index (χ3n) is 1.64. The van der Waals surface area contributed by atoms with E-state index in [1.807, 2.05) is 6.92 Å². The van der Waals surface area contributed by atoms with Crippen LogP contribution in [0.3, 0.4) is 0 Å². The van der Waals surface area contributed by atoms with Crippen LogP contribution in [0.2, 0.25) is 0 Å². The average Bonchev–Trinajstić information content (AvgIpc) is 2.22. The van der Waals surface area contributed by atoms with Crippen molar-refractivity contribution in [1.29, 1.82) is 0 Å². The first-order valence-corrected chi connectivity index (χ1v) is 7.16. The molecule has 1 atom stereocenters. The Morgan fingerprint density at radius 1 is 1.37 bits per heavy atom. The number of hydrogen-bond acceptors (Lipinski definition) is 6. The maximum absolute atomic E-state index is 9.76. The normalized spacial score (nSPS) is 11.5. The van der Waals surface area contributed by atoms with Gasteiger partial charge in [-0.1, -0.05) is 0 Å². The van der Waals surface area contributed by atoms with E-state index in [-0.39, 0.29) is 12.4 Å². The molecule has 0 aromatic carbocycles. The van der Waals surface area contributed by atoms with Crippen molar-refractivity contribution in [1.82, 2.24) is 4.90 Å². The van der Waals surface area contributed by atoms with Crippen molar-refractivity contribution in [3.05, 3.63) is 0 Å². The molecule has 0 amide bonds. The van der Waals surface area contributed by atoms with Gasteiger partial charge >= 0.3 is 0 Å². The van der Waals surface area contributed by atoms with E-state index in [1.165, 1.54) is 6.92 Å². The Kier molecular flexibility index (Phi) is 17.3. The van der Waals surface area contributed by atoms with Crippen LogP contribution in [0.25, 0.3) is 0 Å². The van der Waals surface area contributed by atoms with E-state index in [1.54, 1.807) is 0 Å². The lowest BCUT2D eigenvalue weighted by Gasteiger charge is -2.05. The van der Waals surface area contributed by atoms with E-state index >= 15 is 0 Å². The highest BCUT2D eigenvalue weighted by Crippen LogP contribution is 1.84. The molecular formula is C10H25ClN4O3S. The van der Waals surface area contributed by atoms with Gasteiger partial charge in [-0.2, -0.15) is 8.42 Å². The standard InChI is InChI=1S/C8H17N3.C2H7NO3S.ClH/c1-4-9-8-10-6-5-7-11(2)3;1-2(3)7(4,5)6;/h4-7H2,1-3H3;2H,3H2,1H3,(H,4,5,6);1H. The molecular weight excluding hydrogens is 292 g/mol. The summed E-state index contributed by atoms with van der Waals surface area (Å²) in [6, 6.07) is 2.64. The number of nitrogens with two attached hydrogens (primary N) is 1. The molecule has 0 fully saturated rings.